The Morgan fingerprint density at radius 2 is 1.59 bits per heavy atom. The Morgan fingerprint density at radius 1 is 1.06 bits per heavy atom. The van der Waals surface area contributed by atoms with Gasteiger partial charge in [0.1, 0.15) is 13.6 Å². The van der Waals surface area contributed by atoms with Gasteiger partial charge in [-0.1, -0.05) is 18.2 Å². The molecule has 94 valence electrons. The lowest BCUT2D eigenvalue weighted by Gasteiger charge is -2.17. The number of halogens is 1. The van der Waals surface area contributed by atoms with Gasteiger partial charge in [0.25, 0.3) is 0 Å². The number of rotatable bonds is 1. The van der Waals surface area contributed by atoms with Crippen LogP contribution in [0, 0.1) is 10.2 Å². The molecule has 0 aromatic heterocycles. The van der Waals surface area contributed by atoms with E-state index in [2.05, 4.69) is 42.0 Å². The van der Waals surface area contributed by atoms with E-state index in [-0.39, 0.29) is 0 Å². The van der Waals surface area contributed by atoms with E-state index >= 15 is 0 Å². The predicted octanol–water partition coefficient (Wildman–Crippen LogP) is -2.84. The molecule has 1 aromatic rings. The molecule has 0 bridgehead atoms. The average Bonchev–Trinajstić information content (AvgIpc) is 2.63. The van der Waals surface area contributed by atoms with Crippen molar-refractivity contribution in [2.24, 2.45) is 0 Å². The van der Waals surface area contributed by atoms with Crippen LogP contribution in [0.2, 0.25) is 0 Å². The molecular formula is C11H14ClNO4. The van der Waals surface area contributed by atoms with Crippen LogP contribution in [0.1, 0.15) is 18.4 Å². The highest BCUT2D eigenvalue weighted by molar-refractivity contribution is 5.97. The van der Waals surface area contributed by atoms with E-state index in [1.165, 1.54) is 30.7 Å². The summed E-state index contributed by atoms with van der Waals surface area (Å²) in [6.45, 7) is 1.21. The maximum Gasteiger partial charge on any atom is 0.183 e. The lowest BCUT2D eigenvalue weighted by Crippen LogP contribution is -2.68. The van der Waals surface area contributed by atoms with Crippen molar-refractivity contribution < 1.29 is 33.5 Å². The van der Waals surface area contributed by atoms with Crippen LogP contribution in [-0.4, -0.2) is 23.9 Å². The van der Waals surface area contributed by atoms with Crippen molar-refractivity contribution >= 4 is 5.71 Å². The summed E-state index contributed by atoms with van der Waals surface area (Å²) in [5.41, 5.74) is 2.88. The number of hydrogen-bond donors (Lipinski definition) is 0. The fourth-order valence-electron chi connectivity index (χ4n) is 1.80. The second-order valence-electron chi connectivity index (χ2n) is 3.72. The van der Waals surface area contributed by atoms with E-state index < -0.39 is 10.2 Å². The van der Waals surface area contributed by atoms with Gasteiger partial charge in [0.05, 0.1) is 0 Å². The van der Waals surface area contributed by atoms with Crippen LogP contribution in [0.5, 0.6) is 0 Å². The van der Waals surface area contributed by atoms with Crippen molar-refractivity contribution in [3.63, 3.8) is 0 Å². The summed E-state index contributed by atoms with van der Waals surface area (Å²) < 4.78 is 36.3. The third-order valence-electron chi connectivity index (χ3n) is 2.47. The molecular weight excluding hydrogens is 246 g/mol. The Bertz CT molecular complexity index is 380. The van der Waals surface area contributed by atoms with Gasteiger partial charge in [0.2, 0.25) is 0 Å². The third kappa shape index (κ3) is 5.76. The van der Waals surface area contributed by atoms with Crippen LogP contribution < -0.4 is 18.6 Å². The monoisotopic (exact) mass is 259 g/mol. The Morgan fingerprint density at radius 3 is 2.00 bits per heavy atom. The molecule has 0 saturated carbocycles. The standard InChI is InChI=1S/C11H14N.ClHO4/c1-12-9-5-8-11(12)10-6-3-2-4-7-10;2-1(3,4)5/h2-4,6-7H,5,8-9H2,1H3;(H,2,3,4,5)/q+1;/p-1. The van der Waals surface area contributed by atoms with Gasteiger partial charge in [-0.2, -0.15) is 0 Å². The van der Waals surface area contributed by atoms with Gasteiger partial charge in [-0.15, -0.1) is 10.2 Å². The van der Waals surface area contributed by atoms with Crippen LogP contribution in [0.4, 0.5) is 0 Å². The van der Waals surface area contributed by atoms with Crippen molar-refractivity contribution in [3.8, 4) is 0 Å². The summed E-state index contributed by atoms with van der Waals surface area (Å²) in [6, 6.07) is 10.7. The number of benzene rings is 1. The van der Waals surface area contributed by atoms with E-state index in [0.717, 1.165) is 0 Å². The summed E-state index contributed by atoms with van der Waals surface area (Å²) in [6.07, 6.45) is 2.54. The topological polar surface area (TPSA) is 95.2 Å². The van der Waals surface area contributed by atoms with Gasteiger partial charge in [-0.05, 0) is 12.1 Å². The average molecular weight is 260 g/mol. The van der Waals surface area contributed by atoms with E-state index in [0.29, 0.717) is 0 Å². The molecule has 2 rings (SSSR count). The first kappa shape index (κ1) is 14.1. The molecule has 0 atom stereocenters. The largest absolute Gasteiger partial charge is 0.236 e. The highest BCUT2D eigenvalue weighted by Gasteiger charge is 2.19. The van der Waals surface area contributed by atoms with Gasteiger partial charge in [0.15, 0.2) is 5.71 Å². The minimum Gasteiger partial charge on any atom is -0.236 e. The van der Waals surface area contributed by atoms with Gasteiger partial charge < -0.3 is 0 Å². The lowest BCUT2D eigenvalue weighted by molar-refractivity contribution is -2.00. The number of nitrogens with zero attached hydrogens (tertiary/aromatic N) is 1. The molecule has 1 aliphatic rings. The summed E-state index contributed by atoms with van der Waals surface area (Å²) in [4.78, 5) is 0. The summed E-state index contributed by atoms with van der Waals surface area (Å²) in [7, 11) is -2.77. The first-order valence-corrected chi connectivity index (χ1v) is 6.35. The smallest absolute Gasteiger partial charge is 0.183 e. The molecule has 0 aliphatic carbocycles. The molecule has 1 aliphatic heterocycles. The zero-order valence-electron chi connectivity index (χ0n) is 9.47. The van der Waals surface area contributed by atoms with Crippen molar-refractivity contribution in [2.45, 2.75) is 12.8 Å². The van der Waals surface area contributed by atoms with Gasteiger partial charge >= 0.3 is 0 Å². The van der Waals surface area contributed by atoms with Crippen LogP contribution in [0.3, 0.4) is 0 Å². The number of hydrogen-bond acceptors (Lipinski definition) is 4. The van der Waals surface area contributed by atoms with Crippen LogP contribution in [0.15, 0.2) is 30.3 Å². The molecule has 0 fully saturated rings. The fraction of sp³-hybridized carbons (Fsp3) is 0.364. The maximum absolute atomic E-state index is 8.49. The highest BCUT2D eigenvalue weighted by atomic mass is 35.7. The first-order chi connectivity index (χ1) is 7.88. The summed E-state index contributed by atoms with van der Waals surface area (Å²) >= 11 is 0. The molecule has 0 saturated heterocycles. The molecule has 17 heavy (non-hydrogen) atoms. The van der Waals surface area contributed by atoms with E-state index in [9.17, 15) is 0 Å². The minimum atomic E-state index is -4.94. The van der Waals surface area contributed by atoms with Crippen molar-refractivity contribution in [2.75, 3.05) is 13.6 Å². The van der Waals surface area contributed by atoms with E-state index in [1.807, 2.05) is 0 Å². The molecule has 0 radical (unpaired) electrons. The molecule has 1 heterocycles. The normalized spacial score (nSPS) is 15.6. The first-order valence-electron chi connectivity index (χ1n) is 5.12. The maximum atomic E-state index is 8.49. The van der Waals surface area contributed by atoms with Crippen molar-refractivity contribution in [3.05, 3.63) is 35.9 Å². The molecule has 5 nitrogen and oxygen atoms in total. The third-order valence-corrected chi connectivity index (χ3v) is 2.47. The van der Waals surface area contributed by atoms with Gasteiger partial charge in [0, 0.05) is 18.4 Å². The molecule has 1 aromatic carbocycles. The van der Waals surface area contributed by atoms with Gasteiger partial charge in [-0.25, -0.2) is 23.2 Å². The molecule has 0 unspecified atom stereocenters. The molecule has 0 spiro atoms. The Balaban J connectivity index is 0.000000249. The quantitative estimate of drug-likeness (QED) is 0.508. The molecule has 0 amide bonds. The Kier molecular flexibility index (Phi) is 5.04. The Labute approximate surface area is 102 Å². The zero-order chi connectivity index (χ0) is 12.9. The van der Waals surface area contributed by atoms with E-state index in [1.54, 1.807) is 0 Å². The fourth-order valence-corrected chi connectivity index (χ4v) is 1.80. The Hall–Kier alpha value is -0.980. The summed E-state index contributed by atoms with van der Waals surface area (Å²) in [5.74, 6) is 0. The second-order valence-corrected chi connectivity index (χ2v) is 4.47. The lowest BCUT2D eigenvalue weighted by atomic mass is 10.1. The van der Waals surface area contributed by atoms with Gasteiger partial charge in [-0.3, -0.25) is 0 Å². The van der Waals surface area contributed by atoms with Crippen molar-refractivity contribution in [1.82, 2.24) is 0 Å². The van der Waals surface area contributed by atoms with Crippen LogP contribution in [-0.2, 0) is 0 Å². The van der Waals surface area contributed by atoms with E-state index in [4.69, 9.17) is 18.6 Å². The minimum absolute atomic E-state index is 1.21. The zero-order valence-corrected chi connectivity index (χ0v) is 10.2. The second kappa shape index (κ2) is 6.09. The molecule has 6 heteroatoms. The molecule has 0 N–H and O–H groups in total. The SMILES string of the molecule is C[N+]1=C(c2ccccc2)CCC1.[O-][Cl+3]([O-])([O-])[O-]. The van der Waals surface area contributed by atoms with Crippen LogP contribution >= 0.6 is 0 Å². The summed E-state index contributed by atoms with van der Waals surface area (Å²) in [5, 5.41) is 0. The van der Waals surface area contributed by atoms with Crippen molar-refractivity contribution in [1.29, 1.82) is 0 Å². The predicted molar refractivity (Wildman–Crippen MR) is 50.8 cm³/mol. The highest BCUT2D eigenvalue weighted by Crippen LogP contribution is 2.11. The van der Waals surface area contributed by atoms with Crippen LogP contribution in [0.25, 0.3) is 0 Å².